The number of benzene rings is 1. The van der Waals surface area contributed by atoms with E-state index in [1.54, 1.807) is 7.11 Å². The van der Waals surface area contributed by atoms with E-state index >= 15 is 0 Å². The monoisotopic (exact) mass is 206 g/mol. The second-order valence-electron chi connectivity index (χ2n) is 4.26. The summed E-state index contributed by atoms with van der Waals surface area (Å²) in [6.45, 7) is 2.05. The van der Waals surface area contributed by atoms with Crippen molar-refractivity contribution in [1.82, 2.24) is 0 Å². The highest BCUT2D eigenvalue weighted by Gasteiger charge is 2.28. The van der Waals surface area contributed by atoms with Crippen molar-refractivity contribution >= 4 is 11.4 Å². The fraction of sp³-hybridized carbons (Fsp3) is 0.500. The van der Waals surface area contributed by atoms with Crippen LogP contribution in [0.2, 0.25) is 0 Å². The van der Waals surface area contributed by atoms with Crippen LogP contribution in [0.1, 0.15) is 18.4 Å². The molecule has 82 valence electrons. The number of ether oxygens (including phenoxy) is 1. The number of methoxy groups -OCH3 is 1. The van der Waals surface area contributed by atoms with Gasteiger partial charge in [-0.05, 0) is 37.5 Å². The lowest BCUT2D eigenvalue weighted by atomic mass is 9.89. The smallest absolute Gasteiger partial charge is 0.0610 e. The summed E-state index contributed by atoms with van der Waals surface area (Å²) in [5, 5.41) is 3.43. The van der Waals surface area contributed by atoms with Gasteiger partial charge in [0.25, 0.3) is 0 Å². The van der Waals surface area contributed by atoms with Gasteiger partial charge in [-0.15, -0.1) is 0 Å². The number of hydrogen-bond donors (Lipinski definition) is 2. The van der Waals surface area contributed by atoms with Gasteiger partial charge in [-0.1, -0.05) is 6.07 Å². The lowest BCUT2D eigenvalue weighted by Gasteiger charge is -2.35. The highest BCUT2D eigenvalue weighted by Crippen LogP contribution is 2.28. The molecule has 2 rings (SSSR count). The molecule has 0 saturated heterocycles. The van der Waals surface area contributed by atoms with Gasteiger partial charge < -0.3 is 15.8 Å². The van der Waals surface area contributed by atoms with Crippen LogP contribution in [0.5, 0.6) is 0 Å². The molecule has 3 nitrogen and oxygen atoms in total. The largest absolute Gasteiger partial charge is 0.397 e. The molecule has 1 aliphatic carbocycles. The number of aryl methyl sites for hydroxylation is 1. The molecule has 3 heteroatoms. The summed E-state index contributed by atoms with van der Waals surface area (Å²) >= 11 is 0. The van der Waals surface area contributed by atoms with Crippen LogP contribution in [0.25, 0.3) is 0 Å². The SMILES string of the molecule is COC1CC(Nc2ccc(C)cc2N)C1. The Morgan fingerprint density at radius 3 is 2.73 bits per heavy atom. The van der Waals surface area contributed by atoms with E-state index in [0.29, 0.717) is 12.1 Å². The molecule has 0 aromatic heterocycles. The Morgan fingerprint density at radius 1 is 1.40 bits per heavy atom. The summed E-state index contributed by atoms with van der Waals surface area (Å²) < 4.78 is 5.23. The minimum Gasteiger partial charge on any atom is -0.397 e. The summed E-state index contributed by atoms with van der Waals surface area (Å²) in [6.07, 6.45) is 2.57. The Labute approximate surface area is 90.6 Å². The van der Waals surface area contributed by atoms with Crippen molar-refractivity contribution in [1.29, 1.82) is 0 Å². The van der Waals surface area contributed by atoms with E-state index in [1.165, 1.54) is 5.56 Å². The van der Waals surface area contributed by atoms with Gasteiger partial charge in [-0.2, -0.15) is 0 Å². The third-order valence-electron chi connectivity index (χ3n) is 2.99. The fourth-order valence-electron chi connectivity index (χ4n) is 1.91. The van der Waals surface area contributed by atoms with Crippen LogP contribution in [-0.2, 0) is 4.74 Å². The zero-order valence-electron chi connectivity index (χ0n) is 9.29. The molecule has 0 heterocycles. The van der Waals surface area contributed by atoms with Crippen LogP contribution >= 0.6 is 0 Å². The molecule has 1 fully saturated rings. The third-order valence-corrected chi connectivity index (χ3v) is 2.99. The first-order valence-corrected chi connectivity index (χ1v) is 5.34. The molecule has 0 aliphatic heterocycles. The second kappa shape index (κ2) is 4.11. The Morgan fingerprint density at radius 2 is 2.13 bits per heavy atom. The van der Waals surface area contributed by atoms with Crippen LogP contribution in [0.3, 0.4) is 0 Å². The summed E-state index contributed by atoms with van der Waals surface area (Å²) in [7, 11) is 1.77. The summed E-state index contributed by atoms with van der Waals surface area (Å²) in [5.74, 6) is 0. The molecule has 15 heavy (non-hydrogen) atoms. The quantitative estimate of drug-likeness (QED) is 0.745. The van der Waals surface area contributed by atoms with Crippen molar-refractivity contribution in [2.24, 2.45) is 0 Å². The summed E-state index contributed by atoms with van der Waals surface area (Å²) in [5.41, 5.74) is 8.99. The number of hydrogen-bond acceptors (Lipinski definition) is 3. The van der Waals surface area contributed by atoms with Crippen molar-refractivity contribution in [2.75, 3.05) is 18.2 Å². The Bertz CT molecular complexity index is 345. The Balaban J connectivity index is 1.94. The molecule has 1 aromatic carbocycles. The van der Waals surface area contributed by atoms with Gasteiger partial charge in [0.1, 0.15) is 0 Å². The van der Waals surface area contributed by atoms with Crippen LogP contribution in [0.15, 0.2) is 18.2 Å². The topological polar surface area (TPSA) is 47.3 Å². The molecule has 0 unspecified atom stereocenters. The van der Waals surface area contributed by atoms with Gasteiger partial charge in [-0.25, -0.2) is 0 Å². The first kappa shape index (κ1) is 10.3. The Hall–Kier alpha value is -1.22. The van der Waals surface area contributed by atoms with E-state index in [9.17, 15) is 0 Å². The van der Waals surface area contributed by atoms with E-state index < -0.39 is 0 Å². The van der Waals surface area contributed by atoms with Gasteiger partial charge in [0.05, 0.1) is 17.5 Å². The van der Waals surface area contributed by atoms with Crippen molar-refractivity contribution in [3.05, 3.63) is 23.8 Å². The maximum atomic E-state index is 5.92. The van der Waals surface area contributed by atoms with Gasteiger partial charge in [-0.3, -0.25) is 0 Å². The molecule has 0 radical (unpaired) electrons. The third kappa shape index (κ3) is 2.23. The van der Waals surface area contributed by atoms with Crippen LogP contribution in [0.4, 0.5) is 11.4 Å². The number of anilines is 2. The molecular formula is C12H18N2O. The van der Waals surface area contributed by atoms with Gasteiger partial charge in [0.2, 0.25) is 0 Å². The molecule has 0 bridgehead atoms. The summed E-state index contributed by atoms with van der Waals surface area (Å²) in [6, 6.07) is 6.63. The number of nitrogen functional groups attached to an aromatic ring is 1. The molecule has 0 amide bonds. The van der Waals surface area contributed by atoms with E-state index in [4.69, 9.17) is 10.5 Å². The molecule has 1 aliphatic rings. The molecule has 1 aromatic rings. The maximum Gasteiger partial charge on any atom is 0.0610 e. The fourth-order valence-corrected chi connectivity index (χ4v) is 1.91. The van der Waals surface area contributed by atoms with E-state index in [0.717, 1.165) is 24.2 Å². The van der Waals surface area contributed by atoms with Gasteiger partial charge in [0, 0.05) is 13.2 Å². The van der Waals surface area contributed by atoms with E-state index in [2.05, 4.69) is 11.4 Å². The van der Waals surface area contributed by atoms with Crippen LogP contribution in [-0.4, -0.2) is 19.3 Å². The number of nitrogens with one attached hydrogen (secondary N) is 1. The van der Waals surface area contributed by atoms with E-state index in [1.807, 2.05) is 19.1 Å². The molecular weight excluding hydrogens is 188 g/mol. The minimum atomic E-state index is 0.425. The zero-order valence-corrected chi connectivity index (χ0v) is 9.29. The highest BCUT2D eigenvalue weighted by atomic mass is 16.5. The lowest BCUT2D eigenvalue weighted by molar-refractivity contribution is 0.0329. The lowest BCUT2D eigenvalue weighted by Crippen LogP contribution is -2.40. The molecule has 3 N–H and O–H groups in total. The van der Waals surface area contributed by atoms with Crippen LogP contribution in [0, 0.1) is 6.92 Å². The highest BCUT2D eigenvalue weighted by molar-refractivity contribution is 5.67. The normalized spacial score (nSPS) is 24.7. The van der Waals surface area contributed by atoms with Gasteiger partial charge in [0.15, 0.2) is 0 Å². The van der Waals surface area contributed by atoms with Crippen LogP contribution < -0.4 is 11.1 Å². The molecule has 0 atom stereocenters. The first-order valence-electron chi connectivity index (χ1n) is 5.34. The average Bonchev–Trinajstić information content (AvgIpc) is 2.13. The predicted molar refractivity (Wildman–Crippen MR) is 63.0 cm³/mol. The van der Waals surface area contributed by atoms with Crippen molar-refractivity contribution in [3.63, 3.8) is 0 Å². The standard InChI is InChI=1S/C12H18N2O/c1-8-3-4-12(11(13)5-8)14-9-6-10(7-9)15-2/h3-5,9-10,14H,6-7,13H2,1-2H3. The molecule has 0 spiro atoms. The average molecular weight is 206 g/mol. The Kier molecular flexibility index (Phi) is 2.82. The van der Waals surface area contributed by atoms with Crippen molar-refractivity contribution in [2.45, 2.75) is 31.9 Å². The number of nitrogens with two attached hydrogens (primary N) is 1. The first-order chi connectivity index (χ1) is 7.19. The predicted octanol–water partition coefficient (Wildman–Crippen LogP) is 2.17. The van der Waals surface area contributed by atoms with Crippen molar-refractivity contribution < 1.29 is 4.74 Å². The maximum absolute atomic E-state index is 5.92. The number of rotatable bonds is 3. The second-order valence-corrected chi connectivity index (χ2v) is 4.26. The molecule has 1 saturated carbocycles. The zero-order chi connectivity index (χ0) is 10.8. The summed E-state index contributed by atoms with van der Waals surface area (Å²) in [4.78, 5) is 0. The minimum absolute atomic E-state index is 0.425. The van der Waals surface area contributed by atoms with Gasteiger partial charge >= 0.3 is 0 Å². The van der Waals surface area contributed by atoms with Crippen molar-refractivity contribution in [3.8, 4) is 0 Å². The van der Waals surface area contributed by atoms with E-state index in [-0.39, 0.29) is 0 Å².